The smallest absolute Gasteiger partial charge is 0.300 e. The van der Waals surface area contributed by atoms with Crippen molar-refractivity contribution in [2.24, 2.45) is 4.99 Å². The Morgan fingerprint density at radius 1 is 1.14 bits per heavy atom. The van der Waals surface area contributed by atoms with Gasteiger partial charge in [0.1, 0.15) is 0 Å². The highest BCUT2D eigenvalue weighted by Crippen LogP contribution is 2.33. The van der Waals surface area contributed by atoms with E-state index in [-0.39, 0.29) is 0 Å². The van der Waals surface area contributed by atoms with Gasteiger partial charge in [0, 0.05) is 28.6 Å². The van der Waals surface area contributed by atoms with Gasteiger partial charge < -0.3 is 10.2 Å². The molecule has 150 valence electrons. The molecule has 3 aromatic rings. The summed E-state index contributed by atoms with van der Waals surface area (Å²) in [7, 11) is 0. The van der Waals surface area contributed by atoms with Crippen molar-refractivity contribution in [3.63, 3.8) is 0 Å². The highest BCUT2D eigenvalue weighted by Gasteiger charge is 2.27. The van der Waals surface area contributed by atoms with Gasteiger partial charge in [-0.3, -0.25) is 9.36 Å². The van der Waals surface area contributed by atoms with Gasteiger partial charge >= 0.3 is 0 Å². The molecule has 1 atom stereocenters. The van der Waals surface area contributed by atoms with Gasteiger partial charge in [-0.05, 0) is 38.3 Å². The first kappa shape index (κ1) is 20.8. The van der Waals surface area contributed by atoms with Crippen LogP contribution in [0.3, 0.4) is 0 Å². The minimum Gasteiger partial charge on any atom is -0.481 e. The maximum absolute atomic E-state index is 10.7. The number of aliphatic carboxylic acids is 1. The second-order valence-electron chi connectivity index (χ2n) is 6.60. The molecule has 0 saturated heterocycles. The maximum atomic E-state index is 10.7. The van der Waals surface area contributed by atoms with Crippen LogP contribution in [-0.4, -0.2) is 37.7 Å². The molecule has 1 aliphatic heterocycles. The van der Waals surface area contributed by atoms with E-state index >= 15 is 0 Å². The molecular weight excluding hydrogens is 386 g/mol. The maximum Gasteiger partial charge on any atom is 0.300 e. The zero-order valence-corrected chi connectivity index (χ0v) is 17.6. The topological polar surface area (TPSA) is 87.7 Å². The molecule has 6 nitrogen and oxygen atoms in total. The molecule has 4 rings (SSSR count). The Kier molecular flexibility index (Phi) is 6.20. The highest BCUT2D eigenvalue weighted by molar-refractivity contribution is 7.98. The number of aliphatic hydroxyl groups is 1. The van der Waals surface area contributed by atoms with Gasteiger partial charge in [-0.2, -0.15) is 0 Å². The Bertz CT molecular complexity index is 1070. The van der Waals surface area contributed by atoms with Gasteiger partial charge in [-0.15, -0.1) is 11.8 Å². The number of imidazole rings is 1. The highest BCUT2D eigenvalue weighted by atomic mass is 32.2. The number of aromatic nitrogens is 2. The first-order chi connectivity index (χ1) is 13.8. The Balaban J connectivity index is 0.000000552. The van der Waals surface area contributed by atoms with E-state index in [0.29, 0.717) is 5.82 Å². The van der Waals surface area contributed by atoms with Crippen LogP contribution < -0.4 is 0 Å². The lowest BCUT2D eigenvalue weighted by molar-refractivity contribution is -0.134. The SMILES string of the molecule is CC(=O)O.CSc1ccc2c(c1)C(c1ccccc1)=NC(O)c1nc(C)c(C)n1-2. The van der Waals surface area contributed by atoms with E-state index in [1.54, 1.807) is 11.8 Å². The Morgan fingerprint density at radius 2 is 1.79 bits per heavy atom. The van der Waals surface area contributed by atoms with Gasteiger partial charge in [0.05, 0.1) is 17.1 Å². The minimum atomic E-state index is -0.993. The number of carboxylic acids is 1. The Morgan fingerprint density at radius 3 is 2.41 bits per heavy atom. The number of carboxylic acid groups (broad SMARTS) is 1. The first-order valence-corrected chi connectivity index (χ1v) is 10.3. The molecule has 0 spiro atoms. The van der Waals surface area contributed by atoms with Crippen molar-refractivity contribution in [1.29, 1.82) is 0 Å². The summed E-state index contributed by atoms with van der Waals surface area (Å²) in [6.45, 7) is 5.07. The zero-order chi connectivity index (χ0) is 21.1. The molecule has 0 saturated carbocycles. The summed E-state index contributed by atoms with van der Waals surface area (Å²) in [6, 6.07) is 16.3. The van der Waals surface area contributed by atoms with E-state index in [1.165, 1.54) is 0 Å². The van der Waals surface area contributed by atoms with E-state index in [1.807, 2.05) is 48.7 Å². The largest absolute Gasteiger partial charge is 0.481 e. The number of hydrogen-bond donors (Lipinski definition) is 2. The van der Waals surface area contributed by atoms with Crippen LogP contribution in [0.5, 0.6) is 0 Å². The van der Waals surface area contributed by atoms with Crippen molar-refractivity contribution in [1.82, 2.24) is 9.55 Å². The molecule has 0 amide bonds. The van der Waals surface area contributed by atoms with Crippen LogP contribution in [0.1, 0.15) is 41.5 Å². The van der Waals surface area contributed by atoms with Crippen molar-refractivity contribution < 1.29 is 15.0 Å². The van der Waals surface area contributed by atoms with Gasteiger partial charge in [0.2, 0.25) is 6.23 Å². The van der Waals surface area contributed by atoms with E-state index in [4.69, 9.17) is 9.90 Å². The van der Waals surface area contributed by atoms with Gasteiger partial charge in [0.15, 0.2) is 5.82 Å². The zero-order valence-electron chi connectivity index (χ0n) is 16.7. The fourth-order valence-electron chi connectivity index (χ4n) is 3.22. The number of nitrogens with zero attached hydrogens (tertiary/aromatic N) is 3. The number of aliphatic hydroxyl groups excluding tert-OH is 1. The average Bonchev–Trinajstić information content (AvgIpc) is 2.93. The molecule has 0 bridgehead atoms. The molecule has 2 heterocycles. The van der Waals surface area contributed by atoms with Crippen LogP contribution in [0.4, 0.5) is 0 Å². The van der Waals surface area contributed by atoms with E-state index in [0.717, 1.165) is 45.7 Å². The monoisotopic (exact) mass is 409 g/mol. The summed E-state index contributed by atoms with van der Waals surface area (Å²) in [5.74, 6) is -0.265. The second kappa shape index (κ2) is 8.63. The number of fused-ring (bicyclic) bond motifs is 3. The van der Waals surface area contributed by atoms with Crippen LogP contribution in [-0.2, 0) is 4.79 Å². The van der Waals surface area contributed by atoms with E-state index < -0.39 is 12.2 Å². The lowest BCUT2D eigenvalue weighted by Crippen LogP contribution is -2.08. The van der Waals surface area contributed by atoms with E-state index in [9.17, 15) is 5.11 Å². The number of hydrogen-bond acceptors (Lipinski definition) is 5. The summed E-state index contributed by atoms with van der Waals surface area (Å²) >= 11 is 1.69. The summed E-state index contributed by atoms with van der Waals surface area (Å²) in [4.78, 5) is 19.4. The minimum absolute atomic E-state index is 0.569. The molecular formula is C22H23N3O3S. The number of carbonyl (C=O) groups is 1. The fraction of sp³-hybridized carbons (Fsp3) is 0.227. The van der Waals surface area contributed by atoms with Crippen LogP contribution in [0.15, 0.2) is 58.4 Å². The second-order valence-corrected chi connectivity index (χ2v) is 7.48. The molecule has 0 radical (unpaired) electrons. The summed E-state index contributed by atoms with van der Waals surface area (Å²) in [6.07, 6.45) is 1.07. The van der Waals surface area contributed by atoms with Crippen LogP contribution in [0.25, 0.3) is 5.69 Å². The average molecular weight is 410 g/mol. The molecule has 2 aromatic carbocycles. The quantitative estimate of drug-likeness (QED) is 0.621. The van der Waals surface area contributed by atoms with Crippen LogP contribution >= 0.6 is 11.8 Å². The number of aliphatic imine (C=N–C) groups is 1. The Hall–Kier alpha value is -2.90. The van der Waals surface area contributed by atoms with Crippen molar-refractivity contribution in [2.45, 2.75) is 31.9 Å². The number of aryl methyl sites for hydroxylation is 1. The fourth-order valence-corrected chi connectivity index (χ4v) is 3.66. The molecule has 0 aliphatic carbocycles. The first-order valence-electron chi connectivity index (χ1n) is 9.09. The third-order valence-electron chi connectivity index (χ3n) is 4.60. The van der Waals surface area contributed by atoms with Gasteiger partial charge in [0.25, 0.3) is 5.97 Å². The molecule has 29 heavy (non-hydrogen) atoms. The van der Waals surface area contributed by atoms with Crippen molar-refractivity contribution in [3.05, 3.63) is 76.9 Å². The molecule has 1 aromatic heterocycles. The lowest BCUT2D eigenvalue weighted by atomic mass is 10.0. The van der Waals surface area contributed by atoms with Crippen molar-refractivity contribution in [3.8, 4) is 5.69 Å². The molecule has 7 heteroatoms. The van der Waals surface area contributed by atoms with Gasteiger partial charge in [-0.25, -0.2) is 9.98 Å². The molecule has 2 N–H and O–H groups in total. The Labute approximate surface area is 174 Å². The van der Waals surface area contributed by atoms with Crippen LogP contribution in [0, 0.1) is 13.8 Å². The van der Waals surface area contributed by atoms with Crippen molar-refractivity contribution in [2.75, 3.05) is 6.26 Å². The summed E-state index contributed by atoms with van der Waals surface area (Å²) in [5.41, 5.74) is 5.73. The predicted molar refractivity (Wildman–Crippen MR) is 115 cm³/mol. The number of rotatable bonds is 2. The third kappa shape index (κ3) is 4.26. The van der Waals surface area contributed by atoms with Crippen LogP contribution in [0.2, 0.25) is 0 Å². The molecule has 1 unspecified atom stereocenters. The van der Waals surface area contributed by atoms with Crippen molar-refractivity contribution >= 4 is 23.4 Å². The molecule has 1 aliphatic rings. The normalized spacial score (nSPS) is 14.7. The standard InChI is InChI=1S/C20H19N3OS.C2H4O2/c1-12-13(2)23-17-10-9-15(25-3)11-16(17)18(14-7-5-4-6-8-14)22-20(24)19(23)21-12;1-2(3)4/h4-11,20,24H,1-3H3;1H3,(H,3,4). The number of thioether (sulfide) groups is 1. The predicted octanol–water partition coefficient (Wildman–Crippen LogP) is 4.14. The van der Waals surface area contributed by atoms with Gasteiger partial charge in [-0.1, -0.05) is 30.3 Å². The molecule has 0 fully saturated rings. The third-order valence-corrected chi connectivity index (χ3v) is 5.33. The summed E-state index contributed by atoms with van der Waals surface area (Å²) < 4.78 is 2.03. The van der Waals surface area contributed by atoms with E-state index in [2.05, 4.69) is 34.4 Å². The summed E-state index contributed by atoms with van der Waals surface area (Å²) in [5, 5.41) is 18.2. The lowest BCUT2D eigenvalue weighted by Gasteiger charge is -2.14. The number of benzene rings is 2.